The van der Waals surface area contributed by atoms with Gasteiger partial charge in [0.05, 0.1) is 5.56 Å². The van der Waals surface area contributed by atoms with Crippen molar-refractivity contribution in [2.75, 3.05) is 19.3 Å². The molecule has 0 saturated carbocycles. The second-order valence-corrected chi connectivity index (χ2v) is 4.85. The number of nitrogen functional groups attached to an aromatic ring is 1. The Balaban J connectivity index is 2.58. The van der Waals surface area contributed by atoms with Crippen molar-refractivity contribution >= 4 is 11.6 Å². The lowest BCUT2D eigenvalue weighted by molar-refractivity contribution is 0.0755. The van der Waals surface area contributed by atoms with Crippen molar-refractivity contribution in [2.45, 2.75) is 19.8 Å². The SMILES string of the molecule is CC(C)C1CN(C)C(=O)c2c(N)cccc21. The van der Waals surface area contributed by atoms with Crippen molar-refractivity contribution in [3.63, 3.8) is 0 Å². The maximum absolute atomic E-state index is 12.1. The fourth-order valence-corrected chi connectivity index (χ4v) is 2.38. The summed E-state index contributed by atoms with van der Waals surface area (Å²) >= 11 is 0. The number of hydrogen-bond acceptors (Lipinski definition) is 2. The average molecular weight is 218 g/mol. The fraction of sp³-hybridized carbons (Fsp3) is 0.462. The highest BCUT2D eigenvalue weighted by atomic mass is 16.2. The molecule has 0 aliphatic carbocycles. The van der Waals surface area contributed by atoms with Gasteiger partial charge in [-0.1, -0.05) is 26.0 Å². The number of rotatable bonds is 1. The summed E-state index contributed by atoms with van der Waals surface area (Å²) in [5, 5.41) is 0. The zero-order chi connectivity index (χ0) is 11.9. The lowest BCUT2D eigenvalue weighted by Gasteiger charge is -2.34. The van der Waals surface area contributed by atoms with Crippen LogP contribution < -0.4 is 5.73 Å². The second kappa shape index (κ2) is 3.81. The molecule has 0 bridgehead atoms. The molecule has 1 aliphatic rings. The molecule has 1 atom stereocenters. The van der Waals surface area contributed by atoms with E-state index in [4.69, 9.17) is 5.73 Å². The van der Waals surface area contributed by atoms with Gasteiger partial charge in [0, 0.05) is 25.2 Å². The van der Waals surface area contributed by atoms with Gasteiger partial charge in [0.15, 0.2) is 0 Å². The summed E-state index contributed by atoms with van der Waals surface area (Å²) in [6.07, 6.45) is 0. The molecule has 3 nitrogen and oxygen atoms in total. The Morgan fingerprint density at radius 2 is 2.12 bits per heavy atom. The maximum Gasteiger partial charge on any atom is 0.255 e. The van der Waals surface area contributed by atoms with Crippen LogP contribution in [0.15, 0.2) is 18.2 Å². The van der Waals surface area contributed by atoms with E-state index >= 15 is 0 Å². The lowest BCUT2D eigenvalue weighted by atomic mass is 9.82. The van der Waals surface area contributed by atoms with Gasteiger partial charge in [-0.25, -0.2) is 0 Å². The molecular formula is C13H18N2O. The van der Waals surface area contributed by atoms with Crippen LogP contribution in [0, 0.1) is 5.92 Å². The van der Waals surface area contributed by atoms with E-state index in [1.165, 1.54) is 0 Å². The zero-order valence-corrected chi connectivity index (χ0v) is 10.0. The van der Waals surface area contributed by atoms with Gasteiger partial charge in [-0.2, -0.15) is 0 Å². The molecule has 1 heterocycles. The normalized spacial score (nSPS) is 20.1. The molecule has 3 heteroatoms. The Bertz CT molecular complexity index is 426. The molecule has 1 aromatic rings. The first-order chi connectivity index (χ1) is 7.52. The molecule has 0 spiro atoms. The van der Waals surface area contributed by atoms with Gasteiger partial charge in [-0.15, -0.1) is 0 Å². The van der Waals surface area contributed by atoms with Gasteiger partial charge in [0.25, 0.3) is 5.91 Å². The molecule has 0 radical (unpaired) electrons. The van der Waals surface area contributed by atoms with Crippen LogP contribution >= 0.6 is 0 Å². The Labute approximate surface area is 96.2 Å². The number of carbonyl (C=O) groups is 1. The topological polar surface area (TPSA) is 46.3 Å². The summed E-state index contributed by atoms with van der Waals surface area (Å²) < 4.78 is 0. The van der Waals surface area contributed by atoms with E-state index in [0.717, 1.165) is 12.1 Å². The third-order valence-electron chi connectivity index (χ3n) is 3.36. The van der Waals surface area contributed by atoms with Crippen LogP contribution in [-0.4, -0.2) is 24.4 Å². The van der Waals surface area contributed by atoms with E-state index in [1.54, 1.807) is 11.0 Å². The molecule has 2 N–H and O–H groups in total. The Kier molecular flexibility index (Phi) is 2.62. The number of hydrogen-bond donors (Lipinski definition) is 1. The summed E-state index contributed by atoms with van der Waals surface area (Å²) in [4.78, 5) is 13.8. The van der Waals surface area contributed by atoms with Gasteiger partial charge in [0.2, 0.25) is 0 Å². The number of likely N-dealkylation sites (N-methyl/N-ethyl adjacent to an activating group) is 1. The number of fused-ring (bicyclic) bond motifs is 1. The molecule has 1 amide bonds. The Morgan fingerprint density at radius 1 is 1.44 bits per heavy atom. The number of nitrogens with zero attached hydrogens (tertiary/aromatic N) is 1. The van der Waals surface area contributed by atoms with Gasteiger partial charge in [0.1, 0.15) is 0 Å². The quantitative estimate of drug-likeness (QED) is 0.734. The summed E-state index contributed by atoms with van der Waals surface area (Å²) in [7, 11) is 1.84. The van der Waals surface area contributed by atoms with Crippen molar-refractivity contribution < 1.29 is 4.79 Å². The van der Waals surface area contributed by atoms with Crippen LogP contribution in [0.3, 0.4) is 0 Å². The van der Waals surface area contributed by atoms with E-state index in [1.807, 2.05) is 19.2 Å². The monoisotopic (exact) mass is 218 g/mol. The molecule has 2 rings (SSSR count). The van der Waals surface area contributed by atoms with Crippen molar-refractivity contribution in [3.8, 4) is 0 Å². The van der Waals surface area contributed by atoms with Gasteiger partial charge in [-0.05, 0) is 17.5 Å². The van der Waals surface area contributed by atoms with Gasteiger partial charge >= 0.3 is 0 Å². The van der Waals surface area contributed by atoms with Crippen LogP contribution in [0.25, 0.3) is 0 Å². The van der Waals surface area contributed by atoms with Crippen LogP contribution in [-0.2, 0) is 0 Å². The minimum absolute atomic E-state index is 0.0463. The van der Waals surface area contributed by atoms with E-state index in [0.29, 0.717) is 23.1 Å². The highest BCUT2D eigenvalue weighted by Gasteiger charge is 2.31. The molecule has 1 unspecified atom stereocenters. The molecule has 0 aromatic heterocycles. The largest absolute Gasteiger partial charge is 0.398 e. The third kappa shape index (κ3) is 1.56. The van der Waals surface area contributed by atoms with Crippen LogP contribution in [0.4, 0.5) is 5.69 Å². The molecular weight excluding hydrogens is 200 g/mol. The van der Waals surface area contributed by atoms with Crippen molar-refractivity contribution in [1.29, 1.82) is 0 Å². The molecule has 0 fully saturated rings. The lowest BCUT2D eigenvalue weighted by Crippen LogP contribution is -2.39. The predicted molar refractivity (Wildman–Crippen MR) is 65.4 cm³/mol. The van der Waals surface area contributed by atoms with Crippen LogP contribution in [0.5, 0.6) is 0 Å². The first-order valence-corrected chi connectivity index (χ1v) is 5.66. The standard InChI is InChI=1S/C13H18N2O/c1-8(2)10-7-15(3)13(16)12-9(10)5-4-6-11(12)14/h4-6,8,10H,7,14H2,1-3H3. The predicted octanol–water partition coefficient (Wildman–Crippen LogP) is 2.09. The first-order valence-electron chi connectivity index (χ1n) is 5.66. The Morgan fingerprint density at radius 3 is 2.75 bits per heavy atom. The third-order valence-corrected chi connectivity index (χ3v) is 3.36. The van der Waals surface area contributed by atoms with Crippen molar-refractivity contribution in [2.24, 2.45) is 5.92 Å². The zero-order valence-electron chi connectivity index (χ0n) is 10.0. The minimum atomic E-state index is 0.0463. The van der Waals surface area contributed by atoms with Gasteiger partial charge < -0.3 is 10.6 Å². The fourth-order valence-electron chi connectivity index (χ4n) is 2.38. The molecule has 1 aromatic carbocycles. The molecule has 1 aliphatic heterocycles. The molecule has 16 heavy (non-hydrogen) atoms. The smallest absolute Gasteiger partial charge is 0.255 e. The van der Waals surface area contributed by atoms with E-state index in [2.05, 4.69) is 13.8 Å². The number of amides is 1. The number of nitrogens with two attached hydrogens (primary N) is 1. The van der Waals surface area contributed by atoms with Crippen LogP contribution in [0.2, 0.25) is 0 Å². The average Bonchev–Trinajstić information content (AvgIpc) is 2.22. The number of anilines is 1. The van der Waals surface area contributed by atoms with Crippen LogP contribution in [0.1, 0.15) is 35.7 Å². The van der Waals surface area contributed by atoms with E-state index in [9.17, 15) is 4.79 Å². The van der Waals surface area contributed by atoms with E-state index in [-0.39, 0.29) is 5.91 Å². The summed E-state index contributed by atoms with van der Waals surface area (Å²) in [5.74, 6) is 0.947. The van der Waals surface area contributed by atoms with Crippen molar-refractivity contribution in [3.05, 3.63) is 29.3 Å². The number of benzene rings is 1. The summed E-state index contributed by atoms with van der Waals surface area (Å²) in [6.45, 7) is 5.15. The highest BCUT2D eigenvalue weighted by molar-refractivity contribution is 6.01. The van der Waals surface area contributed by atoms with Gasteiger partial charge in [-0.3, -0.25) is 4.79 Å². The molecule has 0 saturated heterocycles. The van der Waals surface area contributed by atoms with Crippen molar-refractivity contribution in [1.82, 2.24) is 4.90 Å². The second-order valence-electron chi connectivity index (χ2n) is 4.85. The number of carbonyl (C=O) groups excluding carboxylic acids is 1. The first kappa shape index (κ1) is 11.0. The summed E-state index contributed by atoms with van der Waals surface area (Å²) in [6, 6.07) is 5.76. The molecule has 86 valence electrons. The summed E-state index contributed by atoms with van der Waals surface area (Å²) in [5.41, 5.74) is 8.32. The maximum atomic E-state index is 12.1. The Hall–Kier alpha value is -1.51. The highest BCUT2D eigenvalue weighted by Crippen LogP contribution is 2.35. The minimum Gasteiger partial charge on any atom is -0.398 e. The van der Waals surface area contributed by atoms with E-state index < -0.39 is 0 Å².